The van der Waals surface area contributed by atoms with Gasteiger partial charge in [0.1, 0.15) is 11.6 Å². The van der Waals surface area contributed by atoms with Gasteiger partial charge in [0, 0.05) is 11.4 Å². The summed E-state index contributed by atoms with van der Waals surface area (Å²) in [5.41, 5.74) is 2.18. The molecule has 0 unspecified atom stereocenters. The fraction of sp³-hybridized carbons (Fsp3) is 0.500. The van der Waals surface area contributed by atoms with Crippen LogP contribution in [0, 0.1) is 31.1 Å². The zero-order chi connectivity index (χ0) is 13.9. The molecule has 0 aliphatic heterocycles. The van der Waals surface area contributed by atoms with Crippen LogP contribution >= 0.6 is 0 Å². The Morgan fingerprint density at radius 2 is 2.11 bits per heavy atom. The fourth-order valence-corrected chi connectivity index (χ4v) is 1.94. The number of rotatable bonds is 3. The number of nitrogens with zero attached hydrogens (tertiary/aromatic N) is 3. The van der Waals surface area contributed by atoms with Crippen molar-refractivity contribution in [3.8, 4) is 6.07 Å². The highest BCUT2D eigenvalue weighted by molar-refractivity contribution is 5.81. The van der Waals surface area contributed by atoms with E-state index >= 15 is 0 Å². The lowest BCUT2D eigenvalue weighted by Crippen LogP contribution is -2.23. The third-order valence-electron chi connectivity index (χ3n) is 2.65. The lowest BCUT2D eigenvalue weighted by molar-refractivity contribution is 0.671. The van der Waals surface area contributed by atoms with Crippen molar-refractivity contribution in [2.24, 2.45) is 11.0 Å². The predicted octanol–water partition coefficient (Wildman–Crippen LogP) is 2.61. The summed E-state index contributed by atoms with van der Waals surface area (Å²) >= 11 is 0. The molecule has 0 aliphatic rings. The molecular formula is C14H19N3O. The summed E-state index contributed by atoms with van der Waals surface area (Å²) in [7, 11) is 0. The Morgan fingerprint density at radius 3 is 2.61 bits per heavy atom. The molecule has 1 heterocycles. The standard InChI is InChI=1S/C14H19N3O/c1-9(2)6-11(4)16-17-12(5)7-10(3)13(8-15)14(17)18/h7,9H,6H2,1-5H3/b16-11+. The molecular weight excluding hydrogens is 226 g/mol. The van der Waals surface area contributed by atoms with Gasteiger partial charge < -0.3 is 0 Å². The van der Waals surface area contributed by atoms with E-state index in [1.807, 2.05) is 26.0 Å². The summed E-state index contributed by atoms with van der Waals surface area (Å²) in [4.78, 5) is 12.1. The molecule has 0 fully saturated rings. The molecule has 0 saturated heterocycles. The van der Waals surface area contributed by atoms with Gasteiger partial charge in [0.15, 0.2) is 0 Å². The number of hydrogen-bond acceptors (Lipinski definition) is 3. The molecule has 0 aliphatic carbocycles. The van der Waals surface area contributed by atoms with Crippen LogP contribution < -0.4 is 5.56 Å². The van der Waals surface area contributed by atoms with Gasteiger partial charge in [-0.15, -0.1) is 0 Å². The predicted molar refractivity (Wildman–Crippen MR) is 72.9 cm³/mol. The first-order chi connectivity index (χ1) is 8.36. The molecule has 0 aromatic carbocycles. The molecule has 4 heteroatoms. The minimum absolute atomic E-state index is 0.168. The van der Waals surface area contributed by atoms with Gasteiger partial charge in [-0.3, -0.25) is 4.79 Å². The van der Waals surface area contributed by atoms with Crippen LogP contribution in [0.25, 0.3) is 0 Å². The van der Waals surface area contributed by atoms with Crippen LogP contribution in [0.1, 0.15) is 44.0 Å². The van der Waals surface area contributed by atoms with E-state index in [4.69, 9.17) is 5.26 Å². The summed E-state index contributed by atoms with van der Waals surface area (Å²) < 4.78 is 1.32. The Bertz CT molecular complexity index is 574. The Labute approximate surface area is 108 Å². The van der Waals surface area contributed by atoms with Crippen molar-refractivity contribution in [3.63, 3.8) is 0 Å². The van der Waals surface area contributed by atoms with Gasteiger partial charge in [0.2, 0.25) is 0 Å². The second kappa shape index (κ2) is 5.63. The van der Waals surface area contributed by atoms with Crippen LogP contribution in [-0.4, -0.2) is 10.4 Å². The molecule has 4 nitrogen and oxygen atoms in total. The Morgan fingerprint density at radius 1 is 1.50 bits per heavy atom. The first kappa shape index (κ1) is 14.2. The summed E-state index contributed by atoms with van der Waals surface area (Å²) in [5, 5.41) is 13.3. The fourth-order valence-electron chi connectivity index (χ4n) is 1.94. The summed E-state index contributed by atoms with van der Waals surface area (Å²) in [6.07, 6.45) is 0.835. The molecule has 0 atom stereocenters. The maximum Gasteiger partial charge on any atom is 0.289 e. The van der Waals surface area contributed by atoms with Gasteiger partial charge in [-0.25, -0.2) is 4.68 Å². The van der Waals surface area contributed by atoms with E-state index in [0.717, 1.165) is 17.8 Å². The van der Waals surface area contributed by atoms with Gasteiger partial charge in [-0.05, 0) is 44.7 Å². The first-order valence-electron chi connectivity index (χ1n) is 6.04. The van der Waals surface area contributed by atoms with Crippen LogP contribution in [0.4, 0.5) is 0 Å². The summed E-state index contributed by atoms with van der Waals surface area (Å²) in [6, 6.07) is 3.75. The van der Waals surface area contributed by atoms with Crippen molar-refractivity contribution >= 4 is 5.71 Å². The van der Waals surface area contributed by atoms with Crippen LogP contribution in [0.3, 0.4) is 0 Å². The van der Waals surface area contributed by atoms with Crippen molar-refractivity contribution in [1.82, 2.24) is 4.68 Å². The van der Waals surface area contributed by atoms with Crippen molar-refractivity contribution in [2.45, 2.75) is 41.0 Å². The summed E-state index contributed by atoms with van der Waals surface area (Å²) in [6.45, 7) is 9.69. The zero-order valence-corrected chi connectivity index (χ0v) is 11.6. The maximum absolute atomic E-state index is 12.1. The lowest BCUT2D eigenvalue weighted by atomic mass is 10.1. The highest BCUT2D eigenvalue weighted by Crippen LogP contribution is 2.07. The molecule has 0 amide bonds. The smallest absolute Gasteiger partial charge is 0.266 e. The number of pyridine rings is 1. The average Bonchev–Trinajstić information content (AvgIpc) is 2.23. The van der Waals surface area contributed by atoms with E-state index in [1.165, 1.54) is 4.68 Å². The van der Waals surface area contributed by atoms with Crippen molar-refractivity contribution < 1.29 is 0 Å². The molecule has 0 spiro atoms. The largest absolute Gasteiger partial charge is 0.289 e. The van der Waals surface area contributed by atoms with Crippen molar-refractivity contribution in [2.75, 3.05) is 0 Å². The minimum Gasteiger partial charge on any atom is -0.266 e. The van der Waals surface area contributed by atoms with Gasteiger partial charge >= 0.3 is 0 Å². The van der Waals surface area contributed by atoms with Crippen LogP contribution in [0.2, 0.25) is 0 Å². The average molecular weight is 245 g/mol. The molecule has 18 heavy (non-hydrogen) atoms. The third-order valence-corrected chi connectivity index (χ3v) is 2.65. The van der Waals surface area contributed by atoms with Gasteiger partial charge in [0.25, 0.3) is 5.56 Å². The molecule has 1 rings (SSSR count). The quantitative estimate of drug-likeness (QED) is 0.768. The third kappa shape index (κ3) is 3.07. The van der Waals surface area contributed by atoms with E-state index in [1.54, 1.807) is 6.92 Å². The van der Waals surface area contributed by atoms with Crippen LogP contribution in [-0.2, 0) is 0 Å². The number of aromatic nitrogens is 1. The van der Waals surface area contributed by atoms with E-state index in [9.17, 15) is 4.79 Å². The van der Waals surface area contributed by atoms with E-state index < -0.39 is 0 Å². The second-order valence-corrected chi connectivity index (χ2v) is 5.01. The number of nitriles is 1. The Balaban J connectivity index is 3.35. The van der Waals surface area contributed by atoms with Crippen LogP contribution in [0.5, 0.6) is 0 Å². The molecule has 96 valence electrons. The molecule has 0 bridgehead atoms. The SMILES string of the molecule is C/C(CC(C)C)=N\n1c(C)cc(C)c(C#N)c1=O. The number of aryl methyl sites for hydroxylation is 2. The molecule has 1 aromatic heterocycles. The molecule has 0 radical (unpaired) electrons. The first-order valence-corrected chi connectivity index (χ1v) is 6.04. The van der Waals surface area contributed by atoms with Crippen molar-refractivity contribution in [3.05, 3.63) is 33.2 Å². The van der Waals surface area contributed by atoms with Gasteiger partial charge in [-0.2, -0.15) is 10.4 Å². The van der Waals surface area contributed by atoms with E-state index in [0.29, 0.717) is 11.5 Å². The zero-order valence-electron chi connectivity index (χ0n) is 11.6. The van der Waals surface area contributed by atoms with Crippen LogP contribution in [0.15, 0.2) is 16.0 Å². The monoisotopic (exact) mass is 245 g/mol. The molecule has 0 N–H and O–H groups in total. The summed E-state index contributed by atoms with van der Waals surface area (Å²) in [5.74, 6) is 0.491. The van der Waals surface area contributed by atoms with E-state index in [2.05, 4.69) is 18.9 Å². The lowest BCUT2D eigenvalue weighted by Gasteiger charge is -2.09. The Hall–Kier alpha value is -1.89. The highest BCUT2D eigenvalue weighted by atomic mass is 16.1. The Kier molecular flexibility index (Phi) is 4.43. The highest BCUT2D eigenvalue weighted by Gasteiger charge is 2.09. The second-order valence-electron chi connectivity index (χ2n) is 5.01. The maximum atomic E-state index is 12.1. The van der Waals surface area contributed by atoms with Gasteiger partial charge in [-0.1, -0.05) is 13.8 Å². The van der Waals surface area contributed by atoms with Gasteiger partial charge in [0.05, 0.1) is 0 Å². The molecule has 1 aromatic rings. The molecule has 0 saturated carbocycles. The van der Waals surface area contributed by atoms with E-state index in [-0.39, 0.29) is 11.1 Å². The number of hydrogen-bond donors (Lipinski definition) is 0. The minimum atomic E-state index is -0.335. The van der Waals surface area contributed by atoms with Crippen molar-refractivity contribution in [1.29, 1.82) is 5.26 Å². The topological polar surface area (TPSA) is 58.1 Å². The normalized spacial score (nSPS) is 11.7.